The van der Waals surface area contributed by atoms with Gasteiger partial charge in [0.25, 0.3) is 11.8 Å². The van der Waals surface area contributed by atoms with E-state index in [1.165, 1.54) is 6.33 Å². The lowest BCUT2D eigenvalue weighted by atomic mass is 9.95. The smallest absolute Gasteiger partial charge is 0.258 e. The van der Waals surface area contributed by atoms with Crippen molar-refractivity contribution in [3.63, 3.8) is 0 Å². The fourth-order valence-corrected chi connectivity index (χ4v) is 7.08. The van der Waals surface area contributed by atoms with Crippen LogP contribution in [0.25, 0.3) is 27.2 Å². The summed E-state index contributed by atoms with van der Waals surface area (Å²) in [5.41, 5.74) is 11.7. The molecular weight excluding hydrogens is 584 g/mol. The fraction of sp³-hybridized carbons (Fsp3) is 0.205. The van der Waals surface area contributed by atoms with E-state index in [1.54, 1.807) is 12.3 Å². The standard InChI is InChI=1S/C39H34N6O2/c1-24-32(21-41-23-42-24)37(47)44-39(18-19-39)34-14-6-12-30-29(34)11-7-15-35(30)45-22-27(40)20-31(25(45)2)36(46)43-38(16-17-38)33-13-5-9-26-8-3-4-10-28(26)33/h3-15,20-23H,16-19,40H2,1-2H3,(H-,43,44,46,47)/p+1. The maximum Gasteiger partial charge on any atom is 0.258 e. The molecule has 0 spiro atoms. The lowest BCUT2D eigenvalue weighted by Gasteiger charge is -2.21. The maximum atomic E-state index is 14.0. The molecule has 0 bridgehead atoms. The zero-order chi connectivity index (χ0) is 32.3. The number of hydrogen-bond acceptors (Lipinski definition) is 5. The highest BCUT2D eigenvalue weighted by atomic mass is 16.2. The molecule has 0 unspecified atom stereocenters. The van der Waals surface area contributed by atoms with Crippen molar-refractivity contribution in [2.45, 2.75) is 50.6 Å². The number of carbonyl (C=O) groups excluding carboxylic acids is 2. The average molecular weight is 620 g/mol. The van der Waals surface area contributed by atoms with Crippen molar-refractivity contribution in [1.82, 2.24) is 20.6 Å². The second-order valence-electron chi connectivity index (χ2n) is 12.9. The summed E-state index contributed by atoms with van der Waals surface area (Å²) >= 11 is 0. The van der Waals surface area contributed by atoms with E-state index < -0.39 is 11.1 Å². The molecule has 0 aliphatic heterocycles. The van der Waals surface area contributed by atoms with Crippen molar-refractivity contribution in [3.05, 3.63) is 137 Å². The summed E-state index contributed by atoms with van der Waals surface area (Å²) in [4.78, 5) is 35.6. The van der Waals surface area contributed by atoms with Gasteiger partial charge in [-0.05, 0) is 72.0 Å². The van der Waals surface area contributed by atoms with Crippen molar-refractivity contribution in [2.75, 3.05) is 5.73 Å². The largest absolute Gasteiger partial charge is 0.394 e. The number of nitrogens with one attached hydrogen (secondary N) is 2. The van der Waals surface area contributed by atoms with Crippen LogP contribution >= 0.6 is 0 Å². The van der Waals surface area contributed by atoms with Crippen LogP contribution in [0, 0.1) is 13.8 Å². The zero-order valence-electron chi connectivity index (χ0n) is 26.4. The molecule has 0 saturated heterocycles. The summed E-state index contributed by atoms with van der Waals surface area (Å²) in [6.45, 7) is 3.77. The molecule has 0 radical (unpaired) electrons. The molecule has 8 nitrogen and oxygen atoms in total. The summed E-state index contributed by atoms with van der Waals surface area (Å²) in [6, 6.07) is 28.7. The highest BCUT2D eigenvalue weighted by molar-refractivity contribution is 5.99. The third-order valence-corrected chi connectivity index (χ3v) is 9.93. The monoisotopic (exact) mass is 619 g/mol. The van der Waals surface area contributed by atoms with Gasteiger partial charge < -0.3 is 16.4 Å². The number of aryl methyl sites for hydroxylation is 1. The summed E-state index contributed by atoms with van der Waals surface area (Å²) in [5, 5.41) is 11.1. The van der Waals surface area contributed by atoms with Crippen LogP contribution in [0.2, 0.25) is 0 Å². The number of nitrogens with two attached hydrogens (primary N) is 1. The summed E-state index contributed by atoms with van der Waals surface area (Å²) in [7, 11) is 0. The van der Waals surface area contributed by atoms with E-state index >= 15 is 0 Å². The fourth-order valence-electron chi connectivity index (χ4n) is 7.08. The molecule has 2 aromatic heterocycles. The Kier molecular flexibility index (Phi) is 6.58. The minimum absolute atomic E-state index is 0.144. The number of benzene rings is 4. The Bertz CT molecular complexity index is 2250. The molecule has 4 aromatic carbocycles. The average Bonchev–Trinajstić information content (AvgIpc) is 4.03. The summed E-state index contributed by atoms with van der Waals surface area (Å²) in [5.74, 6) is -0.322. The Morgan fingerprint density at radius 1 is 0.745 bits per heavy atom. The van der Waals surface area contributed by atoms with Crippen LogP contribution in [0.15, 0.2) is 104 Å². The number of nitrogens with zero attached hydrogens (tertiary/aromatic N) is 3. The molecule has 2 amide bonds. The Balaban J connectivity index is 1.15. The summed E-state index contributed by atoms with van der Waals surface area (Å²) in [6.07, 6.45) is 8.33. The van der Waals surface area contributed by atoms with Gasteiger partial charge in [-0.1, -0.05) is 66.7 Å². The van der Waals surface area contributed by atoms with Crippen molar-refractivity contribution in [2.24, 2.45) is 0 Å². The first-order valence-electron chi connectivity index (χ1n) is 16.0. The van der Waals surface area contributed by atoms with Crippen molar-refractivity contribution < 1.29 is 14.2 Å². The van der Waals surface area contributed by atoms with Crippen molar-refractivity contribution >= 4 is 39.0 Å². The number of carbonyl (C=O) groups is 2. The van der Waals surface area contributed by atoms with Crippen LogP contribution in [0.3, 0.4) is 0 Å². The van der Waals surface area contributed by atoms with Gasteiger partial charge in [-0.25, -0.2) is 9.97 Å². The van der Waals surface area contributed by atoms with Gasteiger partial charge in [0.05, 0.1) is 33.4 Å². The van der Waals surface area contributed by atoms with E-state index in [4.69, 9.17) is 5.73 Å². The lowest BCUT2D eigenvalue weighted by Crippen LogP contribution is -2.41. The number of amides is 2. The number of aromatic nitrogens is 3. The molecule has 6 aromatic rings. The van der Waals surface area contributed by atoms with Crippen LogP contribution in [-0.4, -0.2) is 21.8 Å². The molecule has 2 heterocycles. The molecule has 4 N–H and O–H groups in total. The van der Waals surface area contributed by atoms with Crippen molar-refractivity contribution in [3.8, 4) is 5.69 Å². The first-order chi connectivity index (χ1) is 22.8. The van der Waals surface area contributed by atoms with Crippen LogP contribution in [0.4, 0.5) is 5.69 Å². The van der Waals surface area contributed by atoms with Gasteiger partial charge in [0.1, 0.15) is 11.9 Å². The predicted octanol–water partition coefficient (Wildman–Crippen LogP) is 6.10. The van der Waals surface area contributed by atoms with Crippen molar-refractivity contribution in [1.29, 1.82) is 0 Å². The molecule has 8 heteroatoms. The normalized spacial score (nSPS) is 15.7. The topological polar surface area (TPSA) is 114 Å². The van der Waals surface area contributed by atoms with E-state index in [0.29, 0.717) is 22.5 Å². The molecule has 0 atom stereocenters. The lowest BCUT2D eigenvalue weighted by molar-refractivity contribution is -0.600. The number of fused-ring (bicyclic) bond motifs is 2. The minimum atomic E-state index is -0.474. The van der Waals surface area contributed by atoms with Gasteiger partial charge in [0.15, 0.2) is 11.9 Å². The molecule has 2 saturated carbocycles. The van der Waals surface area contributed by atoms with E-state index in [2.05, 4.69) is 69.1 Å². The molecular formula is C39H35N6O2+. The number of hydrogen-bond donors (Lipinski definition) is 3. The highest BCUT2D eigenvalue weighted by Crippen LogP contribution is 2.49. The summed E-state index contributed by atoms with van der Waals surface area (Å²) < 4.78 is 2.01. The van der Waals surface area contributed by atoms with Gasteiger partial charge >= 0.3 is 0 Å². The molecule has 2 aliphatic rings. The third-order valence-electron chi connectivity index (χ3n) is 9.93. The van der Waals surface area contributed by atoms with Gasteiger partial charge in [0, 0.05) is 19.2 Å². The number of pyridine rings is 1. The van der Waals surface area contributed by atoms with E-state index in [9.17, 15) is 9.59 Å². The van der Waals surface area contributed by atoms with E-state index in [-0.39, 0.29) is 11.8 Å². The molecule has 232 valence electrons. The Labute approximate surface area is 272 Å². The minimum Gasteiger partial charge on any atom is -0.394 e. The van der Waals surface area contributed by atoms with Crippen LogP contribution < -0.4 is 20.9 Å². The number of nitrogen functional groups attached to an aromatic ring is 1. The maximum absolute atomic E-state index is 14.0. The second kappa shape index (κ2) is 10.7. The Morgan fingerprint density at radius 2 is 1.34 bits per heavy atom. The van der Waals surface area contributed by atoms with Gasteiger partial charge in [-0.3, -0.25) is 9.59 Å². The highest BCUT2D eigenvalue weighted by Gasteiger charge is 2.48. The van der Waals surface area contributed by atoms with Gasteiger partial charge in [-0.2, -0.15) is 4.57 Å². The van der Waals surface area contributed by atoms with Crippen LogP contribution in [-0.2, 0) is 11.1 Å². The first-order valence-corrected chi connectivity index (χ1v) is 16.0. The SMILES string of the molecule is Cc1ncncc1C(=O)NC1(c2cccc3c(-[n+]4cc(N)cc(C(=O)NC5(c6cccc7ccccc67)CC5)c4C)cccc23)CC1. The molecule has 2 fully saturated rings. The Hall–Kier alpha value is -5.63. The number of rotatable bonds is 7. The van der Waals surface area contributed by atoms with E-state index in [1.807, 2.05) is 54.9 Å². The number of anilines is 1. The van der Waals surface area contributed by atoms with E-state index in [0.717, 1.165) is 69.7 Å². The zero-order valence-corrected chi connectivity index (χ0v) is 26.4. The second-order valence-corrected chi connectivity index (χ2v) is 12.9. The van der Waals surface area contributed by atoms with Gasteiger partial charge in [-0.15, -0.1) is 0 Å². The quantitative estimate of drug-likeness (QED) is 0.187. The molecule has 8 rings (SSSR count). The van der Waals surface area contributed by atoms with Crippen LogP contribution in [0.5, 0.6) is 0 Å². The Morgan fingerprint density at radius 3 is 2.06 bits per heavy atom. The molecule has 47 heavy (non-hydrogen) atoms. The molecule has 2 aliphatic carbocycles. The first kappa shape index (κ1) is 28.8. The predicted molar refractivity (Wildman–Crippen MR) is 182 cm³/mol. The van der Waals surface area contributed by atoms with Gasteiger partial charge in [0.2, 0.25) is 5.69 Å². The van der Waals surface area contributed by atoms with Crippen LogP contribution in [0.1, 0.15) is 68.9 Å². The third kappa shape index (κ3) is 4.88.